The molecule has 196 valence electrons. The Balaban J connectivity index is 1.73. The molecule has 8 heteroatoms. The van der Waals surface area contributed by atoms with Crippen molar-refractivity contribution in [2.24, 2.45) is 0 Å². The van der Waals surface area contributed by atoms with Crippen molar-refractivity contribution in [2.75, 3.05) is 17.1 Å². The highest BCUT2D eigenvalue weighted by Crippen LogP contribution is 2.23. The number of carbonyl (C=O) groups is 2. The molecular weight excluding hydrogens is 474 g/mol. The number of hydrogen-bond acceptors (Lipinski definition) is 4. The Morgan fingerprint density at radius 3 is 2.22 bits per heavy atom. The third-order valence-corrected chi connectivity index (χ3v) is 8.19. The number of aryl methyl sites for hydroxylation is 2. The molecule has 0 radical (unpaired) electrons. The highest BCUT2D eigenvalue weighted by Gasteiger charge is 2.29. The molecule has 1 aliphatic rings. The van der Waals surface area contributed by atoms with E-state index >= 15 is 0 Å². The van der Waals surface area contributed by atoms with E-state index in [1.807, 2.05) is 50.2 Å². The van der Waals surface area contributed by atoms with Crippen LogP contribution in [0.2, 0.25) is 0 Å². The van der Waals surface area contributed by atoms with Crippen LogP contribution in [-0.2, 0) is 26.2 Å². The summed E-state index contributed by atoms with van der Waals surface area (Å²) < 4.78 is 26.4. The van der Waals surface area contributed by atoms with Crippen molar-refractivity contribution in [3.05, 3.63) is 65.2 Å². The zero-order chi connectivity index (χ0) is 26.3. The van der Waals surface area contributed by atoms with Crippen LogP contribution in [0.1, 0.15) is 62.1 Å². The van der Waals surface area contributed by atoms with E-state index in [4.69, 9.17) is 0 Å². The number of amides is 2. The van der Waals surface area contributed by atoms with E-state index in [9.17, 15) is 18.0 Å². The Morgan fingerprint density at radius 2 is 1.61 bits per heavy atom. The normalized spacial score (nSPS) is 14.9. The molecule has 1 N–H and O–H groups in total. The Hall–Kier alpha value is -2.87. The minimum absolute atomic E-state index is 0.137. The first-order valence-electron chi connectivity index (χ1n) is 12.8. The Bertz CT molecular complexity index is 1160. The highest BCUT2D eigenvalue weighted by atomic mass is 32.2. The van der Waals surface area contributed by atoms with Crippen LogP contribution in [0.15, 0.2) is 48.5 Å². The number of anilines is 1. The second kappa shape index (κ2) is 12.4. The molecule has 1 atom stereocenters. The molecule has 0 aliphatic heterocycles. The molecule has 2 aromatic carbocycles. The minimum atomic E-state index is -3.51. The molecule has 1 fully saturated rings. The van der Waals surface area contributed by atoms with Crippen LogP contribution in [-0.4, -0.2) is 50.0 Å². The lowest BCUT2D eigenvalue weighted by molar-refractivity contribution is -0.141. The highest BCUT2D eigenvalue weighted by molar-refractivity contribution is 7.92. The molecule has 2 amide bonds. The van der Waals surface area contributed by atoms with Gasteiger partial charge in [0, 0.05) is 25.6 Å². The zero-order valence-corrected chi connectivity index (χ0v) is 22.7. The first-order chi connectivity index (χ1) is 17.1. The Morgan fingerprint density at radius 1 is 1.00 bits per heavy atom. The van der Waals surface area contributed by atoms with Crippen molar-refractivity contribution >= 4 is 27.5 Å². The van der Waals surface area contributed by atoms with E-state index in [-0.39, 0.29) is 30.8 Å². The van der Waals surface area contributed by atoms with Gasteiger partial charge in [-0.2, -0.15) is 0 Å². The quantitative estimate of drug-likeness (QED) is 0.485. The molecule has 0 bridgehead atoms. The van der Waals surface area contributed by atoms with Gasteiger partial charge in [0.1, 0.15) is 6.04 Å². The largest absolute Gasteiger partial charge is 0.352 e. The number of carbonyl (C=O) groups excluding carboxylic acids is 2. The first-order valence-corrected chi connectivity index (χ1v) is 14.6. The maximum Gasteiger partial charge on any atom is 0.242 e. The fraction of sp³-hybridized carbons (Fsp3) is 0.500. The monoisotopic (exact) mass is 513 g/mol. The first kappa shape index (κ1) is 27.7. The van der Waals surface area contributed by atoms with Gasteiger partial charge in [0.25, 0.3) is 0 Å². The van der Waals surface area contributed by atoms with Gasteiger partial charge in [-0.15, -0.1) is 0 Å². The van der Waals surface area contributed by atoms with E-state index < -0.39 is 16.1 Å². The van der Waals surface area contributed by atoms with Gasteiger partial charge in [-0.3, -0.25) is 13.9 Å². The zero-order valence-electron chi connectivity index (χ0n) is 21.9. The summed E-state index contributed by atoms with van der Waals surface area (Å²) in [6.07, 6.45) is 5.86. The number of rotatable bonds is 11. The minimum Gasteiger partial charge on any atom is -0.352 e. The summed E-state index contributed by atoms with van der Waals surface area (Å²) >= 11 is 0. The molecule has 0 unspecified atom stereocenters. The number of hydrogen-bond donors (Lipinski definition) is 1. The van der Waals surface area contributed by atoms with Crippen molar-refractivity contribution in [1.82, 2.24) is 10.2 Å². The molecule has 0 heterocycles. The smallest absolute Gasteiger partial charge is 0.242 e. The van der Waals surface area contributed by atoms with Gasteiger partial charge in [-0.05, 0) is 62.8 Å². The van der Waals surface area contributed by atoms with Gasteiger partial charge in [0.2, 0.25) is 21.8 Å². The van der Waals surface area contributed by atoms with Crippen LogP contribution in [0.3, 0.4) is 0 Å². The summed E-state index contributed by atoms with van der Waals surface area (Å²) in [6.45, 7) is 6.16. The van der Waals surface area contributed by atoms with E-state index in [1.165, 1.54) is 10.6 Å². The average Bonchev–Trinajstić information content (AvgIpc) is 3.33. The van der Waals surface area contributed by atoms with Crippen LogP contribution in [0.4, 0.5) is 5.69 Å². The number of sulfonamides is 1. The van der Waals surface area contributed by atoms with Gasteiger partial charge in [0.15, 0.2) is 0 Å². The molecule has 0 aromatic heterocycles. The Labute approximate surface area is 215 Å². The second-order valence-electron chi connectivity index (χ2n) is 9.84. The van der Waals surface area contributed by atoms with Crippen LogP contribution in [0.5, 0.6) is 0 Å². The summed E-state index contributed by atoms with van der Waals surface area (Å²) in [7, 11) is -3.51. The van der Waals surface area contributed by atoms with Crippen molar-refractivity contribution in [1.29, 1.82) is 0 Å². The number of nitrogens with one attached hydrogen (secondary N) is 1. The maximum atomic E-state index is 13.5. The third kappa shape index (κ3) is 7.32. The van der Waals surface area contributed by atoms with Crippen molar-refractivity contribution in [3.63, 3.8) is 0 Å². The molecule has 3 rings (SSSR count). The molecular formula is C28H39N3O4S. The lowest BCUT2D eigenvalue weighted by Gasteiger charge is -2.31. The predicted octanol–water partition coefficient (Wildman–Crippen LogP) is 4.33. The van der Waals surface area contributed by atoms with Crippen LogP contribution >= 0.6 is 0 Å². The van der Waals surface area contributed by atoms with Gasteiger partial charge in [0.05, 0.1) is 11.9 Å². The topological polar surface area (TPSA) is 86.8 Å². The van der Waals surface area contributed by atoms with Crippen molar-refractivity contribution in [3.8, 4) is 0 Å². The standard InChI is InChI=1S/C28H39N3O4S/c1-21-12-5-7-14-24(21)20-30(23(3)28(33)29-25-15-8-9-16-25)27(32)18-11-19-31(36(4,34)35)26-17-10-6-13-22(26)2/h5-7,10,12-14,17,23,25H,8-9,11,15-16,18-20H2,1-4H3,(H,29,33)/t23-/m0/s1. The van der Waals surface area contributed by atoms with Gasteiger partial charge in [-0.1, -0.05) is 55.3 Å². The van der Waals surface area contributed by atoms with E-state index in [0.29, 0.717) is 18.7 Å². The molecule has 7 nitrogen and oxygen atoms in total. The summed E-state index contributed by atoms with van der Waals surface area (Å²) in [6, 6.07) is 14.7. The lowest BCUT2D eigenvalue weighted by atomic mass is 10.1. The lowest BCUT2D eigenvalue weighted by Crippen LogP contribution is -2.49. The van der Waals surface area contributed by atoms with Crippen molar-refractivity contribution in [2.45, 2.75) is 77.9 Å². The number of benzene rings is 2. The van der Waals surface area contributed by atoms with Gasteiger partial charge >= 0.3 is 0 Å². The second-order valence-corrected chi connectivity index (χ2v) is 11.7. The Kier molecular flexibility index (Phi) is 9.54. The number of nitrogens with zero attached hydrogens (tertiary/aromatic N) is 2. The molecule has 36 heavy (non-hydrogen) atoms. The van der Waals surface area contributed by atoms with Gasteiger partial charge in [-0.25, -0.2) is 8.42 Å². The summed E-state index contributed by atoms with van der Waals surface area (Å²) in [5.74, 6) is -0.299. The molecule has 0 spiro atoms. The van der Waals surface area contributed by atoms with E-state index in [1.54, 1.807) is 24.0 Å². The van der Waals surface area contributed by atoms with Crippen LogP contribution in [0.25, 0.3) is 0 Å². The van der Waals surface area contributed by atoms with Crippen molar-refractivity contribution < 1.29 is 18.0 Å². The summed E-state index contributed by atoms with van der Waals surface area (Å²) in [4.78, 5) is 28.1. The molecule has 0 saturated heterocycles. The van der Waals surface area contributed by atoms with E-state index in [0.717, 1.165) is 42.4 Å². The fourth-order valence-corrected chi connectivity index (χ4v) is 5.79. The summed E-state index contributed by atoms with van der Waals surface area (Å²) in [5, 5.41) is 3.12. The SMILES string of the molecule is Cc1ccccc1CN(C(=O)CCCN(c1ccccc1C)S(C)(=O)=O)[C@@H](C)C(=O)NC1CCCC1. The molecule has 1 aliphatic carbocycles. The summed E-state index contributed by atoms with van der Waals surface area (Å²) in [5.41, 5.74) is 3.52. The third-order valence-electron chi connectivity index (χ3n) is 7.01. The maximum absolute atomic E-state index is 13.5. The average molecular weight is 514 g/mol. The fourth-order valence-electron chi connectivity index (χ4n) is 4.77. The predicted molar refractivity (Wildman–Crippen MR) is 144 cm³/mol. The van der Waals surface area contributed by atoms with Gasteiger partial charge < -0.3 is 10.2 Å². The molecule has 1 saturated carbocycles. The van der Waals surface area contributed by atoms with E-state index in [2.05, 4.69) is 5.32 Å². The van der Waals surface area contributed by atoms with Crippen LogP contribution < -0.4 is 9.62 Å². The van der Waals surface area contributed by atoms with Crippen LogP contribution in [0, 0.1) is 13.8 Å². The number of para-hydroxylation sites is 1. The molecule has 2 aromatic rings.